The molecular weight excluding hydrogens is 348 g/mol. The smallest absolute Gasteiger partial charge is 0.240 e. The van der Waals surface area contributed by atoms with Crippen LogP contribution in [0.4, 0.5) is 5.69 Å². The molecule has 2 rings (SSSR count). The first-order chi connectivity index (χ1) is 12.3. The Bertz CT molecular complexity index is 731. The zero-order chi connectivity index (χ0) is 19.3. The highest BCUT2D eigenvalue weighted by Crippen LogP contribution is 2.34. The Kier molecular flexibility index (Phi) is 7.24. The number of nitrogens with zero attached hydrogens (tertiary/aromatic N) is 1. The maximum atomic E-state index is 12.7. The lowest BCUT2D eigenvalue weighted by Gasteiger charge is -2.22. The van der Waals surface area contributed by atoms with Crippen molar-refractivity contribution in [2.45, 2.75) is 77.2 Å². The second-order valence-electron chi connectivity index (χ2n) is 7.23. The summed E-state index contributed by atoms with van der Waals surface area (Å²) in [6.45, 7) is 8.57. The number of anilines is 1. The summed E-state index contributed by atoms with van der Waals surface area (Å²) >= 11 is 0. The van der Waals surface area contributed by atoms with Crippen LogP contribution in [0.5, 0.6) is 0 Å². The first-order valence-electron chi connectivity index (χ1n) is 9.78. The first kappa shape index (κ1) is 20.9. The minimum Gasteiger partial charge on any atom is -0.309 e. The molecule has 0 fully saturated rings. The molecule has 0 bridgehead atoms. The molecule has 0 aromatic heterocycles. The van der Waals surface area contributed by atoms with Gasteiger partial charge in [0.1, 0.15) is 0 Å². The number of unbranched alkanes of at least 4 members (excludes halogenated alkanes) is 1. The van der Waals surface area contributed by atoms with Crippen LogP contribution >= 0.6 is 0 Å². The zero-order valence-electron chi connectivity index (χ0n) is 16.4. The van der Waals surface area contributed by atoms with E-state index in [9.17, 15) is 13.2 Å². The van der Waals surface area contributed by atoms with Gasteiger partial charge in [0.05, 0.1) is 4.90 Å². The van der Waals surface area contributed by atoms with Crippen molar-refractivity contribution in [3.05, 3.63) is 23.8 Å². The summed E-state index contributed by atoms with van der Waals surface area (Å²) in [4.78, 5) is 14.2. The van der Waals surface area contributed by atoms with Crippen LogP contribution in [0.2, 0.25) is 0 Å². The fourth-order valence-electron chi connectivity index (χ4n) is 3.58. The number of nitrogens with one attached hydrogen (secondary N) is 1. The van der Waals surface area contributed by atoms with Gasteiger partial charge in [-0.3, -0.25) is 4.79 Å². The first-order valence-corrected chi connectivity index (χ1v) is 11.3. The Balaban J connectivity index is 2.14. The van der Waals surface area contributed by atoms with Crippen LogP contribution in [0.3, 0.4) is 0 Å². The molecular formula is C20H32N2O3S. The van der Waals surface area contributed by atoms with Gasteiger partial charge in [0, 0.05) is 24.7 Å². The van der Waals surface area contributed by atoms with Crippen LogP contribution in [0, 0.1) is 5.92 Å². The number of rotatable bonds is 9. The zero-order valence-corrected chi connectivity index (χ0v) is 17.2. The fourth-order valence-corrected chi connectivity index (χ4v) is 4.75. The molecule has 1 aromatic rings. The van der Waals surface area contributed by atoms with Gasteiger partial charge >= 0.3 is 0 Å². The summed E-state index contributed by atoms with van der Waals surface area (Å²) in [5.74, 6) is 0.448. The van der Waals surface area contributed by atoms with Gasteiger partial charge in [0.15, 0.2) is 0 Å². The Morgan fingerprint density at radius 1 is 1.31 bits per heavy atom. The molecule has 0 radical (unpaired) electrons. The van der Waals surface area contributed by atoms with E-state index in [1.54, 1.807) is 23.1 Å². The van der Waals surface area contributed by atoms with Gasteiger partial charge in [0.25, 0.3) is 0 Å². The summed E-state index contributed by atoms with van der Waals surface area (Å²) in [7, 11) is -3.53. The predicted molar refractivity (Wildman–Crippen MR) is 106 cm³/mol. The highest BCUT2D eigenvalue weighted by atomic mass is 32.2. The molecule has 2 atom stereocenters. The third kappa shape index (κ3) is 4.65. The molecule has 0 saturated heterocycles. The summed E-state index contributed by atoms with van der Waals surface area (Å²) in [5.41, 5.74) is 1.78. The molecule has 0 saturated carbocycles. The average molecular weight is 381 g/mol. The van der Waals surface area contributed by atoms with E-state index < -0.39 is 10.0 Å². The highest BCUT2D eigenvalue weighted by molar-refractivity contribution is 7.89. The second kappa shape index (κ2) is 9.00. The van der Waals surface area contributed by atoms with Crippen LogP contribution in [-0.2, 0) is 21.2 Å². The van der Waals surface area contributed by atoms with E-state index in [1.165, 1.54) is 0 Å². The molecule has 0 aliphatic carbocycles. The number of amides is 1. The van der Waals surface area contributed by atoms with E-state index in [4.69, 9.17) is 0 Å². The van der Waals surface area contributed by atoms with Gasteiger partial charge in [-0.25, -0.2) is 13.1 Å². The van der Waals surface area contributed by atoms with Gasteiger partial charge in [-0.15, -0.1) is 0 Å². The number of fused-ring (bicyclic) bond motifs is 1. The number of carbonyl (C=O) groups excluding carboxylic acids is 1. The Hall–Kier alpha value is -1.40. The van der Waals surface area contributed by atoms with Crippen molar-refractivity contribution in [1.29, 1.82) is 0 Å². The fraction of sp³-hybridized carbons (Fsp3) is 0.650. The standard InChI is InChI=1S/C20H32N2O3S/c1-5-8-9-16(6-2)14-21-26(24,25)18-10-11-19-17(13-18)12-15(4)22(19)20(23)7-3/h10-11,13,15-16,21H,5-9,12,14H2,1-4H3. The van der Waals surface area contributed by atoms with Gasteiger partial charge < -0.3 is 4.90 Å². The minimum absolute atomic E-state index is 0.0712. The summed E-state index contributed by atoms with van der Waals surface area (Å²) in [5, 5.41) is 0. The van der Waals surface area contributed by atoms with Crippen LogP contribution in [0.25, 0.3) is 0 Å². The van der Waals surface area contributed by atoms with E-state index in [2.05, 4.69) is 18.6 Å². The molecule has 5 nitrogen and oxygen atoms in total. The molecule has 1 amide bonds. The Morgan fingerprint density at radius 2 is 2.04 bits per heavy atom. The predicted octanol–water partition coefficient (Wildman–Crippen LogP) is 3.87. The number of hydrogen-bond donors (Lipinski definition) is 1. The number of carbonyl (C=O) groups is 1. The normalized spacial score (nSPS) is 18.0. The summed E-state index contributed by atoms with van der Waals surface area (Å²) in [6, 6.07) is 5.18. The number of hydrogen-bond acceptors (Lipinski definition) is 3. The van der Waals surface area contributed by atoms with Gasteiger partial charge in [-0.05, 0) is 49.4 Å². The average Bonchev–Trinajstić information content (AvgIpc) is 2.96. The van der Waals surface area contributed by atoms with Crippen molar-refractivity contribution in [3.63, 3.8) is 0 Å². The Morgan fingerprint density at radius 3 is 2.65 bits per heavy atom. The topological polar surface area (TPSA) is 66.5 Å². The van der Waals surface area contributed by atoms with Crippen molar-refractivity contribution in [3.8, 4) is 0 Å². The van der Waals surface area contributed by atoms with Crippen molar-refractivity contribution in [1.82, 2.24) is 4.72 Å². The summed E-state index contributed by atoms with van der Waals surface area (Å²) in [6.07, 6.45) is 5.40. The Labute approximate surface area is 158 Å². The highest BCUT2D eigenvalue weighted by Gasteiger charge is 2.31. The molecule has 1 N–H and O–H groups in total. The number of sulfonamides is 1. The van der Waals surface area contributed by atoms with Crippen molar-refractivity contribution in [2.75, 3.05) is 11.4 Å². The van der Waals surface area contributed by atoms with Gasteiger partial charge in [-0.1, -0.05) is 40.0 Å². The molecule has 1 aliphatic rings. The maximum Gasteiger partial charge on any atom is 0.240 e. The molecule has 1 aromatic carbocycles. The van der Waals surface area contributed by atoms with E-state index in [0.29, 0.717) is 30.2 Å². The van der Waals surface area contributed by atoms with Crippen LogP contribution in [0.1, 0.15) is 65.4 Å². The molecule has 1 aliphatic heterocycles. The lowest BCUT2D eigenvalue weighted by Crippen LogP contribution is -2.35. The van der Waals surface area contributed by atoms with Gasteiger partial charge in [-0.2, -0.15) is 0 Å². The number of benzene rings is 1. The molecule has 6 heteroatoms. The molecule has 146 valence electrons. The SMILES string of the molecule is CCCCC(CC)CNS(=O)(=O)c1ccc2c(c1)CC(C)N2C(=O)CC. The van der Waals surface area contributed by atoms with E-state index in [-0.39, 0.29) is 11.9 Å². The summed E-state index contributed by atoms with van der Waals surface area (Å²) < 4.78 is 28.1. The van der Waals surface area contributed by atoms with E-state index in [1.807, 2.05) is 13.8 Å². The lowest BCUT2D eigenvalue weighted by molar-refractivity contribution is -0.118. The van der Waals surface area contributed by atoms with Crippen LogP contribution in [-0.4, -0.2) is 26.9 Å². The van der Waals surface area contributed by atoms with Gasteiger partial charge in [0.2, 0.25) is 15.9 Å². The largest absolute Gasteiger partial charge is 0.309 e. The van der Waals surface area contributed by atoms with Crippen LogP contribution in [0.15, 0.2) is 23.1 Å². The molecule has 26 heavy (non-hydrogen) atoms. The van der Waals surface area contributed by atoms with E-state index in [0.717, 1.165) is 36.9 Å². The second-order valence-corrected chi connectivity index (χ2v) is 9.00. The third-order valence-corrected chi connectivity index (χ3v) is 6.67. The third-order valence-electron chi connectivity index (χ3n) is 5.25. The monoisotopic (exact) mass is 380 g/mol. The molecule has 1 heterocycles. The lowest BCUT2D eigenvalue weighted by atomic mass is 10.00. The van der Waals surface area contributed by atoms with E-state index >= 15 is 0 Å². The maximum absolute atomic E-state index is 12.7. The molecule has 2 unspecified atom stereocenters. The van der Waals surface area contributed by atoms with Crippen molar-refractivity contribution >= 4 is 21.6 Å². The molecule has 0 spiro atoms. The van der Waals surface area contributed by atoms with Crippen molar-refractivity contribution in [2.24, 2.45) is 5.92 Å². The quantitative estimate of drug-likeness (QED) is 0.707. The van der Waals surface area contributed by atoms with Crippen molar-refractivity contribution < 1.29 is 13.2 Å². The van der Waals surface area contributed by atoms with Crippen LogP contribution < -0.4 is 9.62 Å². The minimum atomic E-state index is -3.53.